The fourth-order valence-electron chi connectivity index (χ4n) is 1.84. The van der Waals surface area contributed by atoms with E-state index in [2.05, 4.69) is 10.6 Å². The lowest BCUT2D eigenvalue weighted by Crippen LogP contribution is -2.37. The first-order chi connectivity index (χ1) is 12.3. The molecule has 0 aromatic heterocycles. The zero-order valence-corrected chi connectivity index (χ0v) is 15.2. The number of aromatic hydroxyl groups is 1. The molecule has 0 saturated carbocycles. The summed E-state index contributed by atoms with van der Waals surface area (Å²) in [6, 6.07) is 8.40. The average Bonchev–Trinajstić information content (AvgIpc) is 2.57. The summed E-state index contributed by atoms with van der Waals surface area (Å²) >= 11 is 16.5. The minimum Gasteiger partial charge on any atom is -0.505 e. The molecule has 26 heavy (non-hydrogen) atoms. The largest absolute Gasteiger partial charge is 0.505 e. The van der Waals surface area contributed by atoms with Crippen LogP contribution in [0.3, 0.4) is 0 Å². The fourth-order valence-corrected chi connectivity index (χ4v) is 2.55. The van der Waals surface area contributed by atoms with Gasteiger partial charge in [0.15, 0.2) is 23.2 Å². The van der Waals surface area contributed by atoms with Gasteiger partial charge in [0.2, 0.25) is 0 Å². The van der Waals surface area contributed by atoms with Crippen molar-refractivity contribution >= 4 is 57.8 Å². The van der Waals surface area contributed by atoms with Gasteiger partial charge in [-0.05, 0) is 30.4 Å². The van der Waals surface area contributed by atoms with E-state index in [4.69, 9.17) is 40.2 Å². The molecule has 3 N–H and O–H groups in total. The fraction of sp³-hybridized carbons (Fsp3) is 0.0667. The number of nitro benzene ring substituents is 1. The summed E-state index contributed by atoms with van der Waals surface area (Å²) in [5.41, 5.74) is 0.0945. The SMILES string of the molecule is O=C(COc1ccccc1[N+](=O)[O-])NC(=S)Nc1cc(Cl)c(O)c(Cl)c1. The number of hydrogen-bond acceptors (Lipinski definition) is 6. The molecule has 8 nitrogen and oxygen atoms in total. The van der Waals surface area contributed by atoms with Crippen molar-refractivity contribution in [2.75, 3.05) is 11.9 Å². The Hall–Kier alpha value is -2.62. The first-order valence-corrected chi connectivity index (χ1v) is 8.09. The second-order valence-electron chi connectivity index (χ2n) is 4.80. The van der Waals surface area contributed by atoms with E-state index in [-0.39, 0.29) is 32.3 Å². The number of para-hydroxylation sites is 2. The molecule has 0 atom stereocenters. The number of halogens is 2. The molecule has 0 aliphatic heterocycles. The van der Waals surface area contributed by atoms with E-state index in [1.54, 1.807) is 6.07 Å². The molecular formula is C15H11Cl2N3O5S. The molecule has 2 aromatic rings. The van der Waals surface area contributed by atoms with E-state index in [9.17, 15) is 20.0 Å². The molecule has 2 rings (SSSR count). The quantitative estimate of drug-likeness (QED) is 0.296. The Morgan fingerprint density at radius 1 is 1.27 bits per heavy atom. The van der Waals surface area contributed by atoms with Crippen LogP contribution in [0.25, 0.3) is 0 Å². The van der Waals surface area contributed by atoms with Crippen molar-refractivity contribution in [3.8, 4) is 11.5 Å². The van der Waals surface area contributed by atoms with E-state index in [1.807, 2.05) is 0 Å². The van der Waals surface area contributed by atoms with Gasteiger partial charge >= 0.3 is 5.69 Å². The van der Waals surface area contributed by atoms with Crippen LogP contribution in [0.15, 0.2) is 36.4 Å². The van der Waals surface area contributed by atoms with E-state index in [1.165, 1.54) is 30.3 Å². The number of rotatable bonds is 5. The van der Waals surface area contributed by atoms with Crippen LogP contribution in [0.4, 0.5) is 11.4 Å². The number of phenols is 1. The topological polar surface area (TPSA) is 114 Å². The summed E-state index contributed by atoms with van der Waals surface area (Å²) in [7, 11) is 0. The van der Waals surface area contributed by atoms with E-state index < -0.39 is 17.4 Å². The number of amides is 1. The standard InChI is InChI=1S/C15H11Cl2N3O5S/c16-9-5-8(6-10(17)14(9)22)18-15(26)19-13(21)7-25-12-4-2-1-3-11(12)20(23)24/h1-6,22H,7H2,(H2,18,19,21,26). The molecule has 0 heterocycles. The summed E-state index contributed by atoms with van der Waals surface area (Å²) in [5.74, 6) is -0.938. The highest BCUT2D eigenvalue weighted by molar-refractivity contribution is 7.80. The van der Waals surface area contributed by atoms with Gasteiger partial charge < -0.3 is 15.2 Å². The number of benzene rings is 2. The summed E-state index contributed by atoms with van der Waals surface area (Å²) < 4.78 is 5.15. The zero-order valence-electron chi connectivity index (χ0n) is 12.9. The maximum absolute atomic E-state index is 11.9. The number of carbonyl (C=O) groups is 1. The average molecular weight is 416 g/mol. The Morgan fingerprint density at radius 3 is 2.50 bits per heavy atom. The van der Waals surface area contributed by atoms with Crippen LogP contribution in [0.5, 0.6) is 11.5 Å². The third kappa shape index (κ3) is 5.19. The van der Waals surface area contributed by atoms with Crippen LogP contribution >= 0.6 is 35.4 Å². The molecule has 2 aromatic carbocycles. The lowest BCUT2D eigenvalue weighted by Gasteiger charge is -2.11. The van der Waals surface area contributed by atoms with Crippen molar-refractivity contribution in [3.05, 3.63) is 56.6 Å². The minimum absolute atomic E-state index is 0.00819. The number of carbonyl (C=O) groups excluding carboxylic acids is 1. The Bertz CT molecular complexity index is 855. The number of ether oxygens (including phenoxy) is 1. The van der Waals surface area contributed by atoms with Crippen LogP contribution in [-0.4, -0.2) is 27.7 Å². The van der Waals surface area contributed by atoms with Crippen molar-refractivity contribution in [2.24, 2.45) is 0 Å². The van der Waals surface area contributed by atoms with Gasteiger partial charge in [0.25, 0.3) is 5.91 Å². The van der Waals surface area contributed by atoms with E-state index in [0.29, 0.717) is 5.69 Å². The van der Waals surface area contributed by atoms with Crippen molar-refractivity contribution in [1.29, 1.82) is 0 Å². The summed E-state index contributed by atoms with van der Waals surface area (Å²) in [6.45, 7) is -0.482. The minimum atomic E-state index is -0.628. The van der Waals surface area contributed by atoms with Crippen molar-refractivity contribution in [1.82, 2.24) is 5.32 Å². The van der Waals surface area contributed by atoms with Gasteiger partial charge in [0.05, 0.1) is 15.0 Å². The summed E-state index contributed by atoms with van der Waals surface area (Å²) in [6.07, 6.45) is 0. The monoisotopic (exact) mass is 415 g/mol. The maximum atomic E-state index is 11.9. The third-order valence-corrected chi connectivity index (χ3v) is 3.73. The number of thiocarbonyl (C=S) groups is 1. The molecule has 0 bridgehead atoms. The predicted molar refractivity (Wildman–Crippen MR) is 101 cm³/mol. The number of nitrogens with one attached hydrogen (secondary N) is 2. The van der Waals surface area contributed by atoms with Gasteiger partial charge in [-0.2, -0.15) is 0 Å². The van der Waals surface area contributed by atoms with Crippen LogP contribution < -0.4 is 15.4 Å². The number of nitro groups is 1. The van der Waals surface area contributed by atoms with Crippen molar-refractivity contribution in [2.45, 2.75) is 0 Å². The van der Waals surface area contributed by atoms with Gasteiger partial charge in [-0.3, -0.25) is 20.2 Å². The Balaban J connectivity index is 1.92. The first-order valence-electron chi connectivity index (χ1n) is 6.93. The molecule has 0 spiro atoms. The van der Waals surface area contributed by atoms with Crippen molar-refractivity contribution in [3.63, 3.8) is 0 Å². The molecule has 0 aliphatic rings. The van der Waals surface area contributed by atoms with Crippen LogP contribution in [-0.2, 0) is 4.79 Å². The molecule has 136 valence electrons. The molecular weight excluding hydrogens is 405 g/mol. The van der Waals surface area contributed by atoms with Crippen molar-refractivity contribution < 1.29 is 19.6 Å². The number of anilines is 1. The van der Waals surface area contributed by atoms with Crippen LogP contribution in [0, 0.1) is 10.1 Å². The molecule has 11 heteroatoms. The third-order valence-electron chi connectivity index (χ3n) is 2.95. The molecule has 0 fully saturated rings. The highest BCUT2D eigenvalue weighted by Crippen LogP contribution is 2.34. The highest BCUT2D eigenvalue weighted by atomic mass is 35.5. The van der Waals surface area contributed by atoms with Gasteiger partial charge in [-0.15, -0.1) is 0 Å². The Labute approximate surface area is 162 Å². The molecule has 1 amide bonds. The zero-order chi connectivity index (χ0) is 19.3. The van der Waals surface area contributed by atoms with Gasteiger partial charge in [0.1, 0.15) is 0 Å². The van der Waals surface area contributed by atoms with E-state index >= 15 is 0 Å². The summed E-state index contributed by atoms with van der Waals surface area (Å²) in [4.78, 5) is 22.1. The predicted octanol–water partition coefficient (Wildman–Crippen LogP) is 3.50. The smallest absolute Gasteiger partial charge is 0.310 e. The normalized spacial score (nSPS) is 10.1. The molecule has 0 aliphatic carbocycles. The van der Waals surface area contributed by atoms with Crippen LogP contribution in [0.1, 0.15) is 0 Å². The Morgan fingerprint density at radius 2 is 1.88 bits per heavy atom. The number of phenolic OH excluding ortho intramolecular Hbond substituents is 1. The van der Waals surface area contributed by atoms with E-state index in [0.717, 1.165) is 0 Å². The lowest BCUT2D eigenvalue weighted by atomic mass is 10.3. The first kappa shape index (κ1) is 19.7. The maximum Gasteiger partial charge on any atom is 0.310 e. The second-order valence-corrected chi connectivity index (χ2v) is 6.03. The number of nitrogens with zero attached hydrogens (tertiary/aromatic N) is 1. The van der Waals surface area contributed by atoms with Gasteiger partial charge in [-0.1, -0.05) is 35.3 Å². The molecule has 0 radical (unpaired) electrons. The van der Waals surface area contributed by atoms with Gasteiger partial charge in [0, 0.05) is 11.8 Å². The highest BCUT2D eigenvalue weighted by Gasteiger charge is 2.15. The van der Waals surface area contributed by atoms with Gasteiger partial charge in [-0.25, -0.2) is 0 Å². The lowest BCUT2D eigenvalue weighted by molar-refractivity contribution is -0.385. The molecule has 0 unspecified atom stereocenters. The number of hydrogen-bond donors (Lipinski definition) is 3. The molecule has 0 saturated heterocycles. The second kappa shape index (κ2) is 8.65. The summed E-state index contributed by atoms with van der Waals surface area (Å²) in [5, 5.41) is 25.3. The Kier molecular flexibility index (Phi) is 6.56. The van der Waals surface area contributed by atoms with Crippen LogP contribution in [0.2, 0.25) is 10.0 Å².